The van der Waals surface area contributed by atoms with Crippen molar-refractivity contribution in [2.75, 3.05) is 0 Å². The highest BCUT2D eigenvalue weighted by molar-refractivity contribution is 4.78. The lowest BCUT2D eigenvalue weighted by atomic mass is 9.85. The van der Waals surface area contributed by atoms with Gasteiger partial charge in [-0.05, 0) is 37.5 Å². The Kier molecular flexibility index (Phi) is 4.07. The average Bonchev–Trinajstić information content (AvgIpc) is 2.24. The largest absolute Gasteiger partial charge is 0.374 e. The van der Waals surface area contributed by atoms with E-state index in [9.17, 15) is 0 Å². The Morgan fingerprint density at radius 2 is 1.07 bits per heavy atom. The van der Waals surface area contributed by atoms with Gasteiger partial charge in [-0.3, -0.25) is 0 Å². The van der Waals surface area contributed by atoms with Gasteiger partial charge in [0.1, 0.15) is 0 Å². The Hall–Kier alpha value is -0.0400. The summed E-state index contributed by atoms with van der Waals surface area (Å²) in [5.74, 6) is 1.60. The van der Waals surface area contributed by atoms with Crippen molar-refractivity contribution >= 4 is 0 Å². The Morgan fingerprint density at radius 1 is 0.667 bits per heavy atom. The third-order valence-electron chi connectivity index (χ3n) is 4.42. The lowest BCUT2D eigenvalue weighted by Gasteiger charge is -2.36. The summed E-state index contributed by atoms with van der Waals surface area (Å²) in [6.07, 6.45) is 12.1. The maximum absolute atomic E-state index is 6.36. The van der Waals surface area contributed by atoms with E-state index in [4.69, 9.17) is 4.74 Å². The van der Waals surface area contributed by atoms with Crippen molar-refractivity contribution in [2.45, 2.75) is 77.4 Å². The summed E-state index contributed by atoms with van der Waals surface area (Å²) in [7, 11) is 0. The first kappa shape index (κ1) is 11.4. The van der Waals surface area contributed by atoms with Crippen LogP contribution in [0.2, 0.25) is 0 Å². The summed E-state index contributed by atoms with van der Waals surface area (Å²) in [6, 6.07) is 0. The second-order valence-corrected chi connectivity index (χ2v) is 5.74. The van der Waals surface area contributed by atoms with Crippen molar-refractivity contribution in [3.8, 4) is 0 Å². The highest BCUT2D eigenvalue weighted by atomic mass is 16.5. The first-order valence-corrected chi connectivity index (χ1v) is 6.93. The molecule has 0 spiro atoms. The number of hydrogen-bond acceptors (Lipinski definition) is 1. The van der Waals surface area contributed by atoms with Crippen molar-refractivity contribution in [3.05, 3.63) is 0 Å². The zero-order chi connectivity index (χ0) is 10.7. The Balaban J connectivity index is 1.83. The predicted octanol–water partition coefficient (Wildman–Crippen LogP) is 4.16. The van der Waals surface area contributed by atoms with E-state index in [0.717, 1.165) is 11.8 Å². The molecule has 0 aliphatic heterocycles. The fraction of sp³-hybridized carbons (Fsp3) is 1.00. The van der Waals surface area contributed by atoms with Crippen LogP contribution in [-0.4, -0.2) is 12.2 Å². The van der Waals surface area contributed by atoms with Crippen molar-refractivity contribution in [1.29, 1.82) is 0 Å². The monoisotopic (exact) mass is 210 g/mol. The molecular weight excluding hydrogens is 184 g/mol. The van der Waals surface area contributed by atoms with Gasteiger partial charge in [-0.15, -0.1) is 0 Å². The Bertz CT molecular complexity index is 170. The van der Waals surface area contributed by atoms with Crippen molar-refractivity contribution in [2.24, 2.45) is 11.8 Å². The molecule has 2 rings (SSSR count). The minimum absolute atomic E-state index is 0.573. The van der Waals surface area contributed by atoms with Crippen LogP contribution in [0.5, 0.6) is 0 Å². The van der Waals surface area contributed by atoms with Gasteiger partial charge in [0, 0.05) is 0 Å². The summed E-state index contributed by atoms with van der Waals surface area (Å²) >= 11 is 0. The second-order valence-electron chi connectivity index (χ2n) is 5.74. The highest BCUT2D eigenvalue weighted by Gasteiger charge is 2.28. The van der Waals surface area contributed by atoms with E-state index in [1.54, 1.807) is 0 Å². The Morgan fingerprint density at radius 3 is 1.47 bits per heavy atom. The standard InChI is InChI=1S/C14H26O/c1-11-7-3-5-9-13(11)15-14-10-6-4-8-12(14)2/h11-14H,3-10H2,1-2H3. The molecule has 0 radical (unpaired) electrons. The van der Waals surface area contributed by atoms with Gasteiger partial charge in [-0.25, -0.2) is 0 Å². The summed E-state index contributed by atoms with van der Waals surface area (Å²) in [5.41, 5.74) is 0. The van der Waals surface area contributed by atoms with Crippen LogP contribution in [0.1, 0.15) is 65.2 Å². The molecule has 4 unspecified atom stereocenters. The van der Waals surface area contributed by atoms with Gasteiger partial charge in [0.2, 0.25) is 0 Å². The van der Waals surface area contributed by atoms with Crippen LogP contribution in [0.3, 0.4) is 0 Å². The molecule has 0 aromatic heterocycles. The minimum Gasteiger partial charge on any atom is -0.374 e. The predicted molar refractivity (Wildman–Crippen MR) is 63.9 cm³/mol. The van der Waals surface area contributed by atoms with Crippen molar-refractivity contribution < 1.29 is 4.74 Å². The molecule has 0 saturated heterocycles. The molecule has 0 bridgehead atoms. The smallest absolute Gasteiger partial charge is 0.0604 e. The van der Waals surface area contributed by atoms with Gasteiger partial charge in [0.25, 0.3) is 0 Å². The van der Waals surface area contributed by atoms with Gasteiger partial charge in [-0.2, -0.15) is 0 Å². The number of ether oxygens (including phenoxy) is 1. The van der Waals surface area contributed by atoms with Gasteiger partial charge in [0.15, 0.2) is 0 Å². The third kappa shape index (κ3) is 2.96. The maximum atomic E-state index is 6.36. The van der Waals surface area contributed by atoms with E-state index >= 15 is 0 Å². The topological polar surface area (TPSA) is 9.23 Å². The molecule has 88 valence electrons. The molecule has 2 fully saturated rings. The minimum atomic E-state index is 0.573. The molecule has 2 aliphatic rings. The normalized spacial score (nSPS) is 42.8. The number of hydrogen-bond donors (Lipinski definition) is 0. The quantitative estimate of drug-likeness (QED) is 0.665. The summed E-state index contributed by atoms with van der Waals surface area (Å²) in [4.78, 5) is 0. The lowest BCUT2D eigenvalue weighted by molar-refractivity contribution is -0.0884. The van der Waals surface area contributed by atoms with Gasteiger partial charge in [0.05, 0.1) is 12.2 Å². The van der Waals surface area contributed by atoms with E-state index in [1.807, 2.05) is 0 Å². The molecule has 1 heteroatoms. The SMILES string of the molecule is CC1CCCCC1OC1CCCCC1C. The van der Waals surface area contributed by atoms with Gasteiger partial charge in [-0.1, -0.05) is 39.5 Å². The van der Waals surface area contributed by atoms with E-state index < -0.39 is 0 Å². The van der Waals surface area contributed by atoms with Crippen LogP contribution in [-0.2, 0) is 4.74 Å². The third-order valence-corrected chi connectivity index (χ3v) is 4.42. The number of rotatable bonds is 2. The van der Waals surface area contributed by atoms with E-state index in [-0.39, 0.29) is 0 Å². The van der Waals surface area contributed by atoms with Crippen LogP contribution in [0, 0.1) is 11.8 Å². The fourth-order valence-electron chi connectivity index (χ4n) is 3.19. The molecule has 15 heavy (non-hydrogen) atoms. The average molecular weight is 210 g/mol. The second kappa shape index (κ2) is 5.34. The molecular formula is C14H26O. The summed E-state index contributed by atoms with van der Waals surface area (Å²) < 4.78 is 6.36. The van der Waals surface area contributed by atoms with Crippen LogP contribution < -0.4 is 0 Å². The molecule has 0 aromatic carbocycles. The van der Waals surface area contributed by atoms with E-state index in [0.29, 0.717) is 12.2 Å². The first-order chi connectivity index (χ1) is 7.27. The van der Waals surface area contributed by atoms with Crippen LogP contribution in [0.25, 0.3) is 0 Å². The van der Waals surface area contributed by atoms with Crippen molar-refractivity contribution in [1.82, 2.24) is 0 Å². The lowest BCUT2D eigenvalue weighted by Crippen LogP contribution is -2.34. The molecule has 0 aromatic rings. The maximum Gasteiger partial charge on any atom is 0.0604 e. The Labute approximate surface area is 94.6 Å². The van der Waals surface area contributed by atoms with E-state index in [2.05, 4.69) is 13.8 Å². The summed E-state index contributed by atoms with van der Waals surface area (Å²) in [5, 5.41) is 0. The molecule has 2 aliphatic carbocycles. The van der Waals surface area contributed by atoms with Gasteiger partial charge >= 0.3 is 0 Å². The molecule has 0 amide bonds. The molecule has 2 saturated carbocycles. The molecule has 0 N–H and O–H groups in total. The molecule has 1 nitrogen and oxygen atoms in total. The molecule has 0 heterocycles. The first-order valence-electron chi connectivity index (χ1n) is 6.93. The van der Waals surface area contributed by atoms with Crippen LogP contribution in [0.4, 0.5) is 0 Å². The highest BCUT2D eigenvalue weighted by Crippen LogP contribution is 2.32. The summed E-state index contributed by atoms with van der Waals surface area (Å²) in [6.45, 7) is 4.74. The van der Waals surface area contributed by atoms with Crippen LogP contribution >= 0.6 is 0 Å². The van der Waals surface area contributed by atoms with Gasteiger partial charge < -0.3 is 4.74 Å². The molecule has 4 atom stereocenters. The van der Waals surface area contributed by atoms with Crippen molar-refractivity contribution in [3.63, 3.8) is 0 Å². The van der Waals surface area contributed by atoms with Crippen LogP contribution in [0.15, 0.2) is 0 Å². The zero-order valence-corrected chi connectivity index (χ0v) is 10.4. The zero-order valence-electron chi connectivity index (χ0n) is 10.4. The van der Waals surface area contributed by atoms with E-state index in [1.165, 1.54) is 51.4 Å². The fourth-order valence-corrected chi connectivity index (χ4v) is 3.19.